The number of unbranched alkanes of at least 4 members (excludes halogenated alkanes) is 10. The van der Waals surface area contributed by atoms with E-state index in [1.54, 1.807) is 11.1 Å². The average molecular weight is 497 g/mol. The van der Waals surface area contributed by atoms with E-state index in [2.05, 4.69) is 87.5 Å². The predicted molar refractivity (Wildman–Crippen MR) is 164 cm³/mol. The van der Waals surface area contributed by atoms with Gasteiger partial charge in [0, 0.05) is 0 Å². The van der Waals surface area contributed by atoms with Crippen LogP contribution in [0.4, 0.5) is 0 Å². The molecule has 0 saturated heterocycles. The average Bonchev–Trinajstić information content (AvgIpc) is 2.91. The van der Waals surface area contributed by atoms with E-state index >= 15 is 0 Å². The van der Waals surface area contributed by atoms with Crippen molar-refractivity contribution < 1.29 is 0 Å². The molecule has 0 heteroatoms. The molecule has 0 aliphatic rings. The number of benzene rings is 3. The molecule has 0 bridgehead atoms. The lowest BCUT2D eigenvalue weighted by atomic mass is 9.88. The lowest BCUT2D eigenvalue weighted by Gasteiger charge is -2.17. The molecule has 0 fully saturated rings. The normalized spacial score (nSPS) is 11.2. The van der Waals surface area contributed by atoms with Crippen LogP contribution in [-0.2, 0) is 25.7 Å². The van der Waals surface area contributed by atoms with Crippen LogP contribution in [0.3, 0.4) is 0 Å². The first-order valence-corrected chi connectivity index (χ1v) is 15.4. The number of aryl methyl sites for hydroxylation is 3. The van der Waals surface area contributed by atoms with Crippen molar-refractivity contribution in [2.24, 2.45) is 0 Å². The molecule has 0 spiro atoms. The van der Waals surface area contributed by atoms with Crippen LogP contribution in [0, 0.1) is 6.92 Å². The van der Waals surface area contributed by atoms with E-state index < -0.39 is 0 Å². The Balaban J connectivity index is 1.68. The molecule has 0 aliphatic carbocycles. The van der Waals surface area contributed by atoms with Gasteiger partial charge in [0.1, 0.15) is 0 Å². The summed E-state index contributed by atoms with van der Waals surface area (Å²) < 4.78 is 0. The van der Waals surface area contributed by atoms with Gasteiger partial charge in [-0.25, -0.2) is 0 Å². The van der Waals surface area contributed by atoms with Gasteiger partial charge in [-0.3, -0.25) is 0 Å². The molecule has 3 aromatic carbocycles. The Morgan fingerprint density at radius 1 is 0.405 bits per heavy atom. The summed E-state index contributed by atoms with van der Waals surface area (Å²) in [6.45, 7) is 6.89. The highest BCUT2D eigenvalue weighted by atomic mass is 14.2. The van der Waals surface area contributed by atoms with Gasteiger partial charge in [-0.1, -0.05) is 145 Å². The summed E-state index contributed by atoms with van der Waals surface area (Å²) >= 11 is 0. The lowest BCUT2D eigenvalue weighted by Crippen LogP contribution is -2.04. The summed E-state index contributed by atoms with van der Waals surface area (Å²) in [4.78, 5) is 0. The molecule has 37 heavy (non-hydrogen) atoms. The Labute approximate surface area is 228 Å². The minimum Gasteiger partial charge on any atom is -0.0654 e. The van der Waals surface area contributed by atoms with Crippen LogP contribution in [0.5, 0.6) is 0 Å². The van der Waals surface area contributed by atoms with Crippen molar-refractivity contribution in [3.8, 4) is 0 Å². The van der Waals surface area contributed by atoms with E-state index in [1.807, 2.05) is 0 Å². The van der Waals surface area contributed by atoms with Crippen LogP contribution < -0.4 is 0 Å². The van der Waals surface area contributed by atoms with Gasteiger partial charge in [-0.2, -0.15) is 0 Å². The highest BCUT2D eigenvalue weighted by Gasteiger charge is 2.12. The summed E-state index contributed by atoms with van der Waals surface area (Å²) in [7, 11) is 0. The molecular weight excluding hydrogens is 444 g/mol. The van der Waals surface area contributed by atoms with Gasteiger partial charge in [0.25, 0.3) is 0 Å². The van der Waals surface area contributed by atoms with Crippen molar-refractivity contribution in [1.29, 1.82) is 0 Å². The fourth-order valence-electron chi connectivity index (χ4n) is 5.72. The van der Waals surface area contributed by atoms with Crippen molar-refractivity contribution in [3.63, 3.8) is 0 Å². The van der Waals surface area contributed by atoms with E-state index in [0.29, 0.717) is 0 Å². The third-order valence-corrected chi connectivity index (χ3v) is 8.09. The standard InChI is InChI=1S/C37H52/c1-4-6-8-10-12-14-22-32-24-16-18-26-34(32)29-36-28-20-21-31(3)37(36)30-35-27-19-17-25-33(35)23-15-13-11-9-7-5-2/h16-21,24-28H,4-15,22-23,29-30H2,1-3H3. The van der Waals surface area contributed by atoms with Crippen LogP contribution in [0.25, 0.3) is 0 Å². The Hall–Kier alpha value is -2.34. The molecule has 0 radical (unpaired) electrons. The quantitative estimate of drug-likeness (QED) is 0.154. The van der Waals surface area contributed by atoms with E-state index in [9.17, 15) is 0 Å². The number of hydrogen-bond donors (Lipinski definition) is 0. The van der Waals surface area contributed by atoms with Crippen LogP contribution in [0.1, 0.15) is 130 Å². The maximum atomic E-state index is 2.38. The van der Waals surface area contributed by atoms with Gasteiger partial charge in [0.15, 0.2) is 0 Å². The lowest BCUT2D eigenvalue weighted by molar-refractivity contribution is 0.606. The topological polar surface area (TPSA) is 0 Å². The van der Waals surface area contributed by atoms with E-state index in [1.165, 1.54) is 118 Å². The molecule has 3 rings (SSSR count). The van der Waals surface area contributed by atoms with Gasteiger partial charge in [0.2, 0.25) is 0 Å². The Bertz CT molecular complexity index is 1030. The van der Waals surface area contributed by atoms with Crippen LogP contribution in [-0.4, -0.2) is 0 Å². The van der Waals surface area contributed by atoms with Crippen molar-refractivity contribution >= 4 is 0 Å². The third-order valence-electron chi connectivity index (χ3n) is 8.09. The fraction of sp³-hybridized carbons (Fsp3) is 0.514. The second kappa shape index (κ2) is 17.2. The molecule has 0 N–H and O–H groups in total. The second-order valence-electron chi connectivity index (χ2n) is 11.1. The van der Waals surface area contributed by atoms with Crippen LogP contribution in [0.15, 0.2) is 66.7 Å². The molecule has 0 atom stereocenters. The Morgan fingerprint density at radius 3 is 1.38 bits per heavy atom. The summed E-state index contributed by atoms with van der Waals surface area (Å²) in [6, 6.07) is 25.3. The third kappa shape index (κ3) is 10.1. The SMILES string of the molecule is CCCCCCCCc1ccccc1Cc1cccc(C)c1Cc1ccccc1CCCCCCCC. The van der Waals surface area contributed by atoms with Crippen molar-refractivity contribution in [2.45, 2.75) is 124 Å². The summed E-state index contributed by atoms with van der Waals surface area (Å²) in [5.41, 5.74) is 10.6. The first-order chi connectivity index (χ1) is 18.2. The van der Waals surface area contributed by atoms with Crippen molar-refractivity contribution in [2.75, 3.05) is 0 Å². The molecule has 3 aromatic rings. The molecule has 200 valence electrons. The first kappa shape index (κ1) is 29.2. The second-order valence-corrected chi connectivity index (χ2v) is 11.1. The molecule has 0 aliphatic heterocycles. The molecule has 0 amide bonds. The van der Waals surface area contributed by atoms with E-state index in [-0.39, 0.29) is 0 Å². The summed E-state index contributed by atoms with van der Waals surface area (Å²) in [6.07, 6.45) is 20.8. The monoisotopic (exact) mass is 496 g/mol. The Kier molecular flexibility index (Phi) is 13.6. The van der Waals surface area contributed by atoms with Crippen LogP contribution in [0.2, 0.25) is 0 Å². The zero-order valence-corrected chi connectivity index (χ0v) is 24.2. The fourth-order valence-corrected chi connectivity index (χ4v) is 5.72. The van der Waals surface area contributed by atoms with Crippen molar-refractivity contribution in [3.05, 3.63) is 106 Å². The van der Waals surface area contributed by atoms with Gasteiger partial charge >= 0.3 is 0 Å². The van der Waals surface area contributed by atoms with Gasteiger partial charge in [-0.05, 0) is 84.4 Å². The summed E-state index contributed by atoms with van der Waals surface area (Å²) in [5.74, 6) is 0. The van der Waals surface area contributed by atoms with E-state index in [0.717, 1.165) is 12.8 Å². The number of rotatable bonds is 18. The molecular formula is C37H52. The maximum absolute atomic E-state index is 2.38. The summed E-state index contributed by atoms with van der Waals surface area (Å²) in [5, 5.41) is 0. The van der Waals surface area contributed by atoms with Gasteiger partial charge in [-0.15, -0.1) is 0 Å². The highest BCUT2D eigenvalue weighted by Crippen LogP contribution is 2.26. The van der Waals surface area contributed by atoms with E-state index in [4.69, 9.17) is 0 Å². The highest BCUT2D eigenvalue weighted by molar-refractivity contribution is 5.44. The van der Waals surface area contributed by atoms with Gasteiger partial charge in [0.05, 0.1) is 0 Å². The smallest absolute Gasteiger partial charge is 0.00176 e. The molecule has 0 nitrogen and oxygen atoms in total. The molecule has 0 unspecified atom stereocenters. The number of hydrogen-bond acceptors (Lipinski definition) is 0. The first-order valence-electron chi connectivity index (χ1n) is 15.4. The molecule has 0 aromatic heterocycles. The zero-order valence-electron chi connectivity index (χ0n) is 24.2. The van der Waals surface area contributed by atoms with Crippen molar-refractivity contribution in [1.82, 2.24) is 0 Å². The minimum atomic E-state index is 1.04. The van der Waals surface area contributed by atoms with Gasteiger partial charge < -0.3 is 0 Å². The molecule has 0 saturated carbocycles. The minimum absolute atomic E-state index is 1.04. The maximum Gasteiger partial charge on any atom is -0.00176 e. The predicted octanol–water partition coefficient (Wildman–Crippen LogP) is 11.0. The largest absolute Gasteiger partial charge is 0.0654 e. The Morgan fingerprint density at radius 2 is 0.838 bits per heavy atom. The molecule has 0 heterocycles. The zero-order chi connectivity index (χ0) is 26.1. The van der Waals surface area contributed by atoms with Crippen LogP contribution >= 0.6 is 0 Å².